The highest BCUT2D eigenvalue weighted by Crippen LogP contribution is 2.34. The van der Waals surface area contributed by atoms with Gasteiger partial charge in [0.05, 0.1) is 9.83 Å². The number of nitro groups is 1. The van der Waals surface area contributed by atoms with Crippen LogP contribution < -0.4 is 0 Å². The minimum atomic E-state index is -0.421. The molecule has 0 bridgehead atoms. The molecule has 1 aliphatic heterocycles. The fraction of sp³-hybridized carbons (Fsp3) is 0.158. The number of carbonyl (C=O) groups excluding carboxylic acids is 1. The van der Waals surface area contributed by atoms with Crippen LogP contribution >= 0.6 is 24.0 Å². The molecule has 0 aliphatic carbocycles. The molecule has 1 fully saturated rings. The van der Waals surface area contributed by atoms with E-state index in [4.69, 9.17) is 12.2 Å². The Morgan fingerprint density at radius 2 is 1.96 bits per heavy atom. The number of non-ortho nitro benzene ring substituents is 1. The number of nitrogens with zero attached hydrogens (tertiary/aromatic N) is 3. The number of nitro benzene ring substituents is 1. The maximum absolute atomic E-state index is 12.5. The minimum absolute atomic E-state index is 0.0485. The number of benzene rings is 1. The number of hydrogen-bond donors (Lipinski definition) is 0. The highest BCUT2D eigenvalue weighted by atomic mass is 32.2. The molecule has 0 unspecified atom stereocenters. The summed E-state index contributed by atoms with van der Waals surface area (Å²) in [4.78, 5) is 25.0. The van der Waals surface area contributed by atoms with Crippen LogP contribution in [0.5, 0.6) is 0 Å². The number of rotatable bonds is 5. The highest BCUT2D eigenvalue weighted by Gasteiger charge is 2.31. The fourth-order valence-electron chi connectivity index (χ4n) is 2.98. The summed E-state index contributed by atoms with van der Waals surface area (Å²) >= 11 is 6.55. The molecule has 0 radical (unpaired) electrons. The quantitative estimate of drug-likeness (QED) is 0.245. The molecule has 3 rings (SSSR count). The zero-order valence-corrected chi connectivity index (χ0v) is 16.5. The Labute approximate surface area is 166 Å². The van der Waals surface area contributed by atoms with E-state index >= 15 is 0 Å². The molecule has 2 aromatic rings. The SMILES string of the molecule is C=CCN1C(=O)/C(=C\c2cc(C)n(-c3ccc([N+](=O)[O-])cc3)c2C)SC1=S. The molecule has 1 aromatic heterocycles. The summed E-state index contributed by atoms with van der Waals surface area (Å²) in [5.74, 6) is -0.120. The molecule has 1 saturated heterocycles. The van der Waals surface area contributed by atoms with Gasteiger partial charge in [-0.2, -0.15) is 0 Å². The summed E-state index contributed by atoms with van der Waals surface area (Å²) in [6.07, 6.45) is 3.49. The van der Waals surface area contributed by atoms with Crippen molar-refractivity contribution in [2.45, 2.75) is 13.8 Å². The Hall–Kier alpha value is -2.71. The Morgan fingerprint density at radius 3 is 2.56 bits per heavy atom. The van der Waals surface area contributed by atoms with E-state index in [2.05, 4.69) is 6.58 Å². The number of carbonyl (C=O) groups is 1. The van der Waals surface area contributed by atoms with Crippen LogP contribution in [0.1, 0.15) is 17.0 Å². The third-order valence-corrected chi connectivity index (χ3v) is 5.64. The molecule has 138 valence electrons. The lowest BCUT2D eigenvalue weighted by Crippen LogP contribution is -2.27. The van der Waals surface area contributed by atoms with E-state index < -0.39 is 4.92 Å². The van der Waals surface area contributed by atoms with Gasteiger partial charge in [0.2, 0.25) is 0 Å². The molecule has 1 aliphatic rings. The number of thioether (sulfide) groups is 1. The van der Waals surface area contributed by atoms with Gasteiger partial charge in [-0.05, 0) is 43.7 Å². The van der Waals surface area contributed by atoms with Gasteiger partial charge in [0, 0.05) is 35.8 Å². The normalized spacial score (nSPS) is 15.6. The van der Waals surface area contributed by atoms with E-state index in [1.807, 2.05) is 30.6 Å². The number of thiocarbonyl (C=S) groups is 1. The van der Waals surface area contributed by atoms with Gasteiger partial charge in [-0.25, -0.2) is 0 Å². The monoisotopic (exact) mass is 399 g/mol. The molecule has 0 N–H and O–H groups in total. The lowest BCUT2D eigenvalue weighted by molar-refractivity contribution is -0.384. The number of hydrogen-bond acceptors (Lipinski definition) is 5. The van der Waals surface area contributed by atoms with Gasteiger partial charge >= 0.3 is 0 Å². The third-order valence-electron chi connectivity index (χ3n) is 4.26. The second-order valence-corrected chi connectivity index (χ2v) is 7.69. The average molecular weight is 399 g/mol. The van der Waals surface area contributed by atoms with E-state index in [0.717, 1.165) is 22.6 Å². The molecule has 0 spiro atoms. The van der Waals surface area contributed by atoms with Crippen LogP contribution in [0.3, 0.4) is 0 Å². The van der Waals surface area contributed by atoms with Crippen molar-refractivity contribution in [1.82, 2.24) is 9.47 Å². The largest absolute Gasteiger partial charge is 0.318 e. The van der Waals surface area contributed by atoms with Gasteiger partial charge in [0.15, 0.2) is 0 Å². The van der Waals surface area contributed by atoms with E-state index in [9.17, 15) is 14.9 Å². The zero-order chi connectivity index (χ0) is 19.7. The Balaban J connectivity index is 1.97. The second-order valence-electron chi connectivity index (χ2n) is 6.02. The molecular formula is C19H17N3O3S2. The van der Waals surface area contributed by atoms with Crippen LogP contribution in [0.2, 0.25) is 0 Å². The lowest BCUT2D eigenvalue weighted by atomic mass is 10.2. The lowest BCUT2D eigenvalue weighted by Gasteiger charge is -2.10. The smallest absolute Gasteiger partial charge is 0.269 e. The second kappa shape index (κ2) is 7.50. The van der Waals surface area contributed by atoms with Gasteiger partial charge in [-0.3, -0.25) is 19.8 Å². The van der Waals surface area contributed by atoms with E-state index in [1.165, 1.54) is 28.8 Å². The van der Waals surface area contributed by atoms with Crippen molar-refractivity contribution in [3.05, 3.63) is 75.0 Å². The van der Waals surface area contributed by atoms with Crippen molar-refractivity contribution in [3.8, 4) is 5.69 Å². The standard InChI is InChI=1S/C19H17N3O3S2/c1-4-9-20-18(23)17(27-19(20)26)11-14-10-12(2)21(13(14)3)15-5-7-16(8-6-15)22(24)25/h4-8,10-11H,1,9H2,2-3H3/b17-11+. The summed E-state index contributed by atoms with van der Waals surface area (Å²) < 4.78 is 2.52. The molecule has 0 atom stereocenters. The van der Waals surface area contributed by atoms with Gasteiger partial charge in [-0.1, -0.05) is 30.1 Å². The molecule has 8 heteroatoms. The van der Waals surface area contributed by atoms with Crippen LogP contribution in [0.25, 0.3) is 11.8 Å². The van der Waals surface area contributed by atoms with Crippen molar-refractivity contribution >= 4 is 46.0 Å². The first-order valence-electron chi connectivity index (χ1n) is 8.13. The van der Waals surface area contributed by atoms with Gasteiger partial charge < -0.3 is 4.57 Å². The molecular weight excluding hydrogens is 382 g/mol. The molecule has 27 heavy (non-hydrogen) atoms. The molecule has 2 heterocycles. The average Bonchev–Trinajstić information content (AvgIpc) is 3.05. The number of aromatic nitrogens is 1. The summed E-state index contributed by atoms with van der Waals surface area (Å²) in [7, 11) is 0. The molecule has 1 amide bonds. The number of aryl methyl sites for hydroxylation is 1. The molecule has 6 nitrogen and oxygen atoms in total. The Bertz CT molecular complexity index is 990. The fourth-order valence-corrected chi connectivity index (χ4v) is 4.25. The van der Waals surface area contributed by atoms with Crippen LogP contribution in [-0.2, 0) is 4.79 Å². The van der Waals surface area contributed by atoms with E-state index in [0.29, 0.717) is 15.8 Å². The predicted molar refractivity (Wildman–Crippen MR) is 112 cm³/mol. The van der Waals surface area contributed by atoms with Crippen LogP contribution in [0, 0.1) is 24.0 Å². The van der Waals surface area contributed by atoms with Crippen molar-refractivity contribution in [3.63, 3.8) is 0 Å². The summed E-state index contributed by atoms with van der Waals surface area (Å²) in [5.41, 5.74) is 3.69. The maximum atomic E-state index is 12.5. The topological polar surface area (TPSA) is 68.4 Å². The maximum Gasteiger partial charge on any atom is 0.269 e. The summed E-state index contributed by atoms with van der Waals surface area (Å²) in [5, 5.41) is 10.8. The van der Waals surface area contributed by atoms with E-state index in [-0.39, 0.29) is 11.6 Å². The summed E-state index contributed by atoms with van der Waals surface area (Å²) in [6, 6.07) is 8.37. The van der Waals surface area contributed by atoms with Gasteiger partial charge in [0.25, 0.3) is 11.6 Å². The van der Waals surface area contributed by atoms with E-state index in [1.54, 1.807) is 18.2 Å². The van der Waals surface area contributed by atoms with Crippen LogP contribution in [0.15, 0.2) is 47.9 Å². The van der Waals surface area contributed by atoms with Crippen LogP contribution in [0.4, 0.5) is 5.69 Å². The van der Waals surface area contributed by atoms with Gasteiger partial charge in [-0.15, -0.1) is 6.58 Å². The zero-order valence-electron chi connectivity index (χ0n) is 14.8. The number of amides is 1. The van der Waals surface area contributed by atoms with Crippen LogP contribution in [-0.4, -0.2) is 31.2 Å². The first kappa shape index (κ1) is 19.1. The first-order valence-corrected chi connectivity index (χ1v) is 9.36. The molecule has 0 saturated carbocycles. The predicted octanol–water partition coefficient (Wildman–Crippen LogP) is 4.39. The summed E-state index contributed by atoms with van der Waals surface area (Å²) in [6.45, 7) is 7.95. The third kappa shape index (κ3) is 3.58. The minimum Gasteiger partial charge on any atom is -0.318 e. The Morgan fingerprint density at radius 1 is 1.30 bits per heavy atom. The van der Waals surface area contributed by atoms with Crippen molar-refractivity contribution in [2.75, 3.05) is 6.54 Å². The molecule has 1 aromatic carbocycles. The first-order chi connectivity index (χ1) is 12.8. The van der Waals surface area contributed by atoms with Gasteiger partial charge in [0.1, 0.15) is 4.32 Å². The van der Waals surface area contributed by atoms with Crippen molar-refractivity contribution in [1.29, 1.82) is 0 Å². The highest BCUT2D eigenvalue weighted by molar-refractivity contribution is 8.26. The Kier molecular flexibility index (Phi) is 5.29. The van der Waals surface area contributed by atoms with Crippen molar-refractivity contribution < 1.29 is 9.72 Å². The van der Waals surface area contributed by atoms with Crippen molar-refractivity contribution in [2.24, 2.45) is 0 Å².